The largest absolute Gasteiger partial charge is 0.396 e. The summed E-state index contributed by atoms with van der Waals surface area (Å²) >= 11 is 0. The van der Waals surface area contributed by atoms with Gasteiger partial charge in [0, 0.05) is 19.7 Å². The minimum absolute atomic E-state index is 0.0152. The SMILES string of the molecule is CC(C)CNC(=O)C(C)NCC(C)(C)CCO. The van der Waals surface area contributed by atoms with Gasteiger partial charge in [-0.05, 0) is 24.7 Å². The van der Waals surface area contributed by atoms with Gasteiger partial charge in [-0.3, -0.25) is 4.79 Å². The molecule has 102 valence electrons. The van der Waals surface area contributed by atoms with Gasteiger partial charge in [0.15, 0.2) is 0 Å². The van der Waals surface area contributed by atoms with Gasteiger partial charge >= 0.3 is 0 Å². The summed E-state index contributed by atoms with van der Waals surface area (Å²) in [5, 5.41) is 15.0. The van der Waals surface area contributed by atoms with Crippen molar-refractivity contribution < 1.29 is 9.90 Å². The number of carbonyl (C=O) groups is 1. The van der Waals surface area contributed by atoms with Crippen molar-refractivity contribution in [3.8, 4) is 0 Å². The van der Waals surface area contributed by atoms with E-state index < -0.39 is 0 Å². The van der Waals surface area contributed by atoms with E-state index in [2.05, 4.69) is 38.3 Å². The Morgan fingerprint density at radius 3 is 2.35 bits per heavy atom. The first-order valence-corrected chi connectivity index (χ1v) is 6.40. The van der Waals surface area contributed by atoms with E-state index in [-0.39, 0.29) is 24.0 Å². The maximum absolute atomic E-state index is 11.7. The minimum Gasteiger partial charge on any atom is -0.396 e. The fourth-order valence-corrected chi connectivity index (χ4v) is 1.37. The highest BCUT2D eigenvalue weighted by Crippen LogP contribution is 2.18. The molecule has 0 aliphatic rings. The number of aliphatic hydroxyl groups is 1. The summed E-state index contributed by atoms with van der Waals surface area (Å²) in [6, 6.07) is -0.188. The first-order valence-electron chi connectivity index (χ1n) is 6.40. The molecule has 4 nitrogen and oxygen atoms in total. The monoisotopic (exact) mass is 244 g/mol. The fraction of sp³-hybridized carbons (Fsp3) is 0.923. The Kier molecular flexibility index (Phi) is 7.39. The maximum Gasteiger partial charge on any atom is 0.236 e. The predicted molar refractivity (Wildman–Crippen MR) is 70.8 cm³/mol. The highest BCUT2D eigenvalue weighted by atomic mass is 16.3. The van der Waals surface area contributed by atoms with Crippen molar-refractivity contribution in [2.75, 3.05) is 19.7 Å². The number of hydrogen-bond acceptors (Lipinski definition) is 3. The number of aliphatic hydroxyl groups excluding tert-OH is 1. The summed E-state index contributed by atoms with van der Waals surface area (Å²) in [6.45, 7) is 11.8. The Balaban J connectivity index is 3.92. The first-order chi connectivity index (χ1) is 7.78. The van der Waals surface area contributed by atoms with E-state index in [1.54, 1.807) is 0 Å². The third kappa shape index (κ3) is 8.16. The predicted octanol–water partition coefficient (Wildman–Crippen LogP) is 1.15. The molecule has 0 radical (unpaired) electrons. The van der Waals surface area contributed by atoms with Crippen molar-refractivity contribution in [3.63, 3.8) is 0 Å². The molecule has 0 rings (SSSR count). The van der Waals surface area contributed by atoms with Crippen LogP contribution in [0, 0.1) is 11.3 Å². The van der Waals surface area contributed by atoms with Crippen LogP contribution in [0.15, 0.2) is 0 Å². The van der Waals surface area contributed by atoms with Crippen LogP contribution in [0.5, 0.6) is 0 Å². The van der Waals surface area contributed by atoms with Gasteiger partial charge in [0.25, 0.3) is 0 Å². The molecule has 0 bridgehead atoms. The average Bonchev–Trinajstić information content (AvgIpc) is 2.22. The van der Waals surface area contributed by atoms with E-state index in [0.29, 0.717) is 12.5 Å². The smallest absolute Gasteiger partial charge is 0.236 e. The molecule has 1 amide bonds. The lowest BCUT2D eigenvalue weighted by Crippen LogP contribution is -2.46. The lowest BCUT2D eigenvalue weighted by molar-refractivity contribution is -0.123. The molecule has 0 heterocycles. The van der Waals surface area contributed by atoms with Crippen LogP contribution in [0.3, 0.4) is 0 Å². The van der Waals surface area contributed by atoms with Gasteiger partial charge in [-0.1, -0.05) is 27.7 Å². The van der Waals surface area contributed by atoms with Crippen molar-refractivity contribution in [3.05, 3.63) is 0 Å². The standard InChI is InChI=1S/C13H28N2O2/c1-10(2)8-14-12(17)11(3)15-9-13(4,5)6-7-16/h10-11,15-16H,6-9H2,1-5H3,(H,14,17). The van der Waals surface area contributed by atoms with Crippen molar-refractivity contribution >= 4 is 5.91 Å². The van der Waals surface area contributed by atoms with Gasteiger partial charge in [-0.25, -0.2) is 0 Å². The highest BCUT2D eigenvalue weighted by molar-refractivity contribution is 5.81. The van der Waals surface area contributed by atoms with Crippen LogP contribution in [-0.2, 0) is 4.79 Å². The topological polar surface area (TPSA) is 61.4 Å². The van der Waals surface area contributed by atoms with Crippen molar-refractivity contribution in [2.24, 2.45) is 11.3 Å². The number of carbonyl (C=O) groups excluding carboxylic acids is 1. The third-order valence-corrected chi connectivity index (χ3v) is 2.75. The van der Waals surface area contributed by atoms with Gasteiger partial charge in [0.1, 0.15) is 0 Å². The molecule has 0 fully saturated rings. The number of amides is 1. The Morgan fingerprint density at radius 2 is 1.88 bits per heavy atom. The zero-order valence-electron chi connectivity index (χ0n) is 11.8. The molecule has 17 heavy (non-hydrogen) atoms. The van der Waals surface area contributed by atoms with Crippen molar-refractivity contribution in [1.29, 1.82) is 0 Å². The minimum atomic E-state index is -0.188. The second-order valence-electron chi connectivity index (χ2n) is 5.88. The molecule has 0 aromatic carbocycles. The third-order valence-electron chi connectivity index (χ3n) is 2.75. The lowest BCUT2D eigenvalue weighted by Gasteiger charge is -2.26. The van der Waals surface area contributed by atoms with Crippen molar-refractivity contribution in [2.45, 2.75) is 47.1 Å². The van der Waals surface area contributed by atoms with Crippen LogP contribution in [0.4, 0.5) is 0 Å². The van der Waals surface area contributed by atoms with E-state index >= 15 is 0 Å². The molecule has 1 atom stereocenters. The molecule has 4 heteroatoms. The van der Waals surface area contributed by atoms with Gasteiger partial charge in [0.2, 0.25) is 5.91 Å². The Labute approximate surface area is 105 Å². The van der Waals surface area contributed by atoms with E-state index in [4.69, 9.17) is 5.11 Å². The molecular weight excluding hydrogens is 216 g/mol. The normalized spacial score (nSPS) is 13.8. The number of rotatable bonds is 8. The summed E-state index contributed by atoms with van der Waals surface area (Å²) in [5.74, 6) is 0.510. The second kappa shape index (κ2) is 7.67. The zero-order chi connectivity index (χ0) is 13.5. The Morgan fingerprint density at radius 1 is 1.29 bits per heavy atom. The molecule has 1 unspecified atom stereocenters. The number of hydrogen-bond donors (Lipinski definition) is 3. The van der Waals surface area contributed by atoms with Crippen LogP contribution in [0.25, 0.3) is 0 Å². The Hall–Kier alpha value is -0.610. The second-order valence-corrected chi connectivity index (χ2v) is 5.88. The zero-order valence-corrected chi connectivity index (χ0v) is 11.8. The van der Waals surface area contributed by atoms with Gasteiger partial charge in [0.05, 0.1) is 6.04 Å². The van der Waals surface area contributed by atoms with Crippen LogP contribution in [0.2, 0.25) is 0 Å². The molecule has 0 aliphatic carbocycles. The highest BCUT2D eigenvalue weighted by Gasteiger charge is 2.20. The quantitative estimate of drug-likeness (QED) is 0.600. The van der Waals surface area contributed by atoms with Crippen LogP contribution in [-0.4, -0.2) is 36.8 Å². The van der Waals surface area contributed by atoms with E-state index in [0.717, 1.165) is 13.0 Å². The molecule has 0 saturated carbocycles. The van der Waals surface area contributed by atoms with Crippen LogP contribution < -0.4 is 10.6 Å². The van der Waals surface area contributed by atoms with E-state index in [1.807, 2.05) is 6.92 Å². The molecule has 0 aliphatic heterocycles. The van der Waals surface area contributed by atoms with E-state index in [1.165, 1.54) is 0 Å². The van der Waals surface area contributed by atoms with Crippen molar-refractivity contribution in [1.82, 2.24) is 10.6 Å². The average molecular weight is 244 g/mol. The summed E-state index contributed by atoms with van der Waals surface area (Å²) in [6.07, 6.45) is 0.736. The summed E-state index contributed by atoms with van der Waals surface area (Å²) in [4.78, 5) is 11.7. The molecule has 3 N–H and O–H groups in total. The number of nitrogens with one attached hydrogen (secondary N) is 2. The molecular formula is C13H28N2O2. The Bertz CT molecular complexity index is 227. The first kappa shape index (κ1) is 16.4. The molecule has 0 spiro atoms. The summed E-state index contributed by atoms with van der Waals surface area (Å²) < 4.78 is 0. The van der Waals surface area contributed by atoms with Gasteiger partial charge < -0.3 is 15.7 Å². The molecule has 0 aromatic heterocycles. The van der Waals surface area contributed by atoms with Gasteiger partial charge in [-0.2, -0.15) is 0 Å². The van der Waals surface area contributed by atoms with Gasteiger partial charge in [-0.15, -0.1) is 0 Å². The van der Waals surface area contributed by atoms with E-state index in [9.17, 15) is 4.79 Å². The maximum atomic E-state index is 11.7. The summed E-state index contributed by atoms with van der Waals surface area (Å²) in [7, 11) is 0. The summed E-state index contributed by atoms with van der Waals surface area (Å²) in [5.41, 5.74) is 0.0152. The van der Waals surface area contributed by atoms with Crippen LogP contribution in [0.1, 0.15) is 41.0 Å². The van der Waals surface area contributed by atoms with Crippen LogP contribution >= 0.6 is 0 Å². The molecule has 0 aromatic rings. The lowest BCUT2D eigenvalue weighted by atomic mass is 9.89. The fourth-order valence-electron chi connectivity index (χ4n) is 1.37. The molecule has 0 saturated heterocycles.